The van der Waals surface area contributed by atoms with Gasteiger partial charge in [-0.3, -0.25) is 14.5 Å². The van der Waals surface area contributed by atoms with Gasteiger partial charge in [-0.15, -0.1) is 0 Å². The predicted octanol–water partition coefficient (Wildman–Crippen LogP) is 2.56. The van der Waals surface area contributed by atoms with Crippen molar-refractivity contribution in [3.8, 4) is 0 Å². The van der Waals surface area contributed by atoms with Crippen molar-refractivity contribution in [2.24, 2.45) is 7.05 Å². The first-order chi connectivity index (χ1) is 9.97. The van der Waals surface area contributed by atoms with Crippen LogP contribution in [-0.2, 0) is 24.8 Å². The molecule has 2 aromatic heterocycles. The Morgan fingerprint density at radius 2 is 2.10 bits per heavy atom. The first-order valence-electron chi connectivity index (χ1n) is 6.91. The highest BCUT2D eigenvalue weighted by Gasteiger charge is 2.27. The predicted molar refractivity (Wildman–Crippen MR) is 81.4 cm³/mol. The van der Waals surface area contributed by atoms with Gasteiger partial charge in [0, 0.05) is 37.3 Å². The number of anilines is 1. The van der Waals surface area contributed by atoms with Crippen LogP contribution < -0.4 is 4.90 Å². The number of amides is 1. The molecule has 0 N–H and O–H groups in total. The van der Waals surface area contributed by atoms with E-state index in [2.05, 4.69) is 10.1 Å². The number of pyridine rings is 1. The maximum atomic E-state index is 12.3. The Morgan fingerprint density at radius 1 is 1.33 bits per heavy atom. The molecule has 0 bridgehead atoms. The number of halogens is 1. The van der Waals surface area contributed by atoms with Crippen molar-refractivity contribution in [1.82, 2.24) is 14.8 Å². The van der Waals surface area contributed by atoms with Crippen molar-refractivity contribution in [2.45, 2.75) is 33.2 Å². The van der Waals surface area contributed by atoms with Crippen LogP contribution in [0.25, 0.3) is 0 Å². The van der Waals surface area contributed by atoms with Crippen LogP contribution in [0.5, 0.6) is 0 Å². The molecule has 0 atom stereocenters. The lowest BCUT2D eigenvalue weighted by atomic mass is 10.0. The molecule has 21 heavy (non-hydrogen) atoms. The van der Waals surface area contributed by atoms with E-state index in [9.17, 15) is 4.79 Å². The molecule has 2 aromatic rings. The summed E-state index contributed by atoms with van der Waals surface area (Å²) in [6.07, 6.45) is 2.79. The molecule has 1 aliphatic heterocycles. The van der Waals surface area contributed by atoms with Crippen LogP contribution in [0.2, 0.25) is 5.02 Å². The minimum Gasteiger partial charge on any atom is -0.306 e. The maximum absolute atomic E-state index is 12.3. The summed E-state index contributed by atoms with van der Waals surface area (Å²) in [6, 6.07) is 1.82. The highest BCUT2D eigenvalue weighted by molar-refractivity contribution is 6.30. The first kappa shape index (κ1) is 14.1. The Kier molecular flexibility index (Phi) is 3.45. The topological polar surface area (TPSA) is 51.0 Å². The Morgan fingerprint density at radius 3 is 2.76 bits per heavy atom. The van der Waals surface area contributed by atoms with Crippen molar-refractivity contribution in [3.05, 3.63) is 39.9 Å². The van der Waals surface area contributed by atoms with E-state index in [0.717, 1.165) is 28.3 Å². The fraction of sp³-hybridized carbons (Fsp3) is 0.400. The van der Waals surface area contributed by atoms with E-state index in [1.54, 1.807) is 11.1 Å². The van der Waals surface area contributed by atoms with Gasteiger partial charge in [0.15, 0.2) is 0 Å². The second kappa shape index (κ2) is 5.15. The number of carbonyl (C=O) groups excluding carboxylic acids is 1. The molecule has 3 heterocycles. The third-order valence-corrected chi connectivity index (χ3v) is 4.26. The maximum Gasteiger partial charge on any atom is 0.227 e. The third kappa shape index (κ3) is 2.42. The van der Waals surface area contributed by atoms with E-state index in [1.807, 2.05) is 31.6 Å². The summed E-state index contributed by atoms with van der Waals surface area (Å²) in [6.45, 7) is 4.49. The molecule has 3 rings (SSSR count). The Balaban J connectivity index is 2.02. The molecule has 0 saturated heterocycles. The molecule has 0 unspecified atom stereocenters. The number of carbonyl (C=O) groups is 1. The van der Waals surface area contributed by atoms with Crippen LogP contribution in [0.1, 0.15) is 29.1 Å². The van der Waals surface area contributed by atoms with Gasteiger partial charge in [-0.1, -0.05) is 11.6 Å². The lowest BCUT2D eigenvalue weighted by Crippen LogP contribution is -2.35. The lowest BCUT2D eigenvalue weighted by molar-refractivity contribution is -0.119. The van der Waals surface area contributed by atoms with E-state index in [-0.39, 0.29) is 5.91 Å². The van der Waals surface area contributed by atoms with Gasteiger partial charge in [0.2, 0.25) is 5.91 Å². The summed E-state index contributed by atoms with van der Waals surface area (Å²) in [5.41, 5.74) is 4.85. The summed E-state index contributed by atoms with van der Waals surface area (Å²) in [4.78, 5) is 18.5. The second-order valence-corrected chi connectivity index (χ2v) is 5.81. The third-order valence-electron chi connectivity index (χ3n) is 4.06. The summed E-state index contributed by atoms with van der Waals surface area (Å²) in [5.74, 6) is 0.106. The number of fused-ring (bicyclic) bond motifs is 1. The number of aryl methyl sites for hydroxylation is 3. The molecule has 0 saturated carbocycles. The zero-order valence-corrected chi connectivity index (χ0v) is 13.1. The Hall–Kier alpha value is -1.88. The summed E-state index contributed by atoms with van der Waals surface area (Å²) in [7, 11) is 1.91. The van der Waals surface area contributed by atoms with Crippen LogP contribution in [-0.4, -0.2) is 20.7 Å². The van der Waals surface area contributed by atoms with E-state index >= 15 is 0 Å². The number of hydrogen-bond acceptors (Lipinski definition) is 3. The van der Waals surface area contributed by atoms with Crippen molar-refractivity contribution in [2.75, 3.05) is 4.90 Å². The van der Waals surface area contributed by atoms with Gasteiger partial charge in [-0.25, -0.2) is 0 Å². The SMILES string of the molecule is Cc1nn(C)c(C)c1CN1C(=O)CCc2ncc(Cl)cc21. The minimum absolute atomic E-state index is 0.106. The molecular weight excluding hydrogens is 288 g/mol. The molecule has 110 valence electrons. The van der Waals surface area contributed by atoms with Gasteiger partial charge >= 0.3 is 0 Å². The van der Waals surface area contributed by atoms with Gasteiger partial charge in [-0.05, 0) is 19.9 Å². The average Bonchev–Trinajstić information content (AvgIpc) is 2.68. The Labute approximate surface area is 128 Å². The van der Waals surface area contributed by atoms with E-state index in [4.69, 9.17) is 11.6 Å². The molecular formula is C15H17ClN4O. The second-order valence-electron chi connectivity index (χ2n) is 5.37. The molecule has 0 radical (unpaired) electrons. The summed E-state index contributed by atoms with van der Waals surface area (Å²) < 4.78 is 1.84. The van der Waals surface area contributed by atoms with Crippen LogP contribution >= 0.6 is 11.6 Å². The average molecular weight is 305 g/mol. The fourth-order valence-corrected chi connectivity index (χ4v) is 2.91. The van der Waals surface area contributed by atoms with Gasteiger partial charge in [0.25, 0.3) is 0 Å². The van der Waals surface area contributed by atoms with Crippen LogP contribution in [0.4, 0.5) is 5.69 Å². The number of rotatable bonds is 2. The van der Waals surface area contributed by atoms with Crippen LogP contribution in [0.15, 0.2) is 12.3 Å². The van der Waals surface area contributed by atoms with Crippen LogP contribution in [0.3, 0.4) is 0 Å². The smallest absolute Gasteiger partial charge is 0.227 e. The molecule has 1 amide bonds. The van der Waals surface area contributed by atoms with Crippen molar-refractivity contribution >= 4 is 23.2 Å². The van der Waals surface area contributed by atoms with E-state index < -0.39 is 0 Å². The quantitative estimate of drug-likeness (QED) is 0.857. The van der Waals surface area contributed by atoms with Gasteiger partial charge in [0.05, 0.1) is 28.6 Å². The first-order valence-corrected chi connectivity index (χ1v) is 7.29. The Bertz CT molecular complexity index is 723. The number of hydrogen-bond donors (Lipinski definition) is 0. The number of aromatic nitrogens is 3. The van der Waals surface area contributed by atoms with Crippen molar-refractivity contribution in [1.29, 1.82) is 0 Å². The molecule has 5 nitrogen and oxygen atoms in total. The monoisotopic (exact) mass is 304 g/mol. The molecule has 0 aromatic carbocycles. The van der Waals surface area contributed by atoms with Crippen molar-refractivity contribution < 1.29 is 4.79 Å². The fourth-order valence-electron chi connectivity index (χ4n) is 2.76. The summed E-state index contributed by atoms with van der Waals surface area (Å²) in [5, 5.41) is 4.96. The molecule has 6 heteroatoms. The normalized spacial score (nSPS) is 14.5. The molecule has 0 spiro atoms. The van der Waals surface area contributed by atoms with Gasteiger partial charge < -0.3 is 4.90 Å². The van der Waals surface area contributed by atoms with E-state index in [1.165, 1.54) is 0 Å². The van der Waals surface area contributed by atoms with Gasteiger partial charge in [0.1, 0.15) is 0 Å². The zero-order chi connectivity index (χ0) is 15.1. The standard InChI is InChI=1S/C15H17ClN4O/c1-9-12(10(2)19(3)18-9)8-20-14-6-11(16)7-17-13(14)4-5-15(20)21/h6-7H,4-5,8H2,1-3H3. The molecule has 1 aliphatic rings. The zero-order valence-electron chi connectivity index (χ0n) is 12.4. The van der Waals surface area contributed by atoms with Crippen molar-refractivity contribution in [3.63, 3.8) is 0 Å². The number of nitrogens with zero attached hydrogens (tertiary/aromatic N) is 4. The minimum atomic E-state index is 0.106. The lowest BCUT2D eigenvalue weighted by Gasteiger charge is -2.29. The summed E-state index contributed by atoms with van der Waals surface area (Å²) >= 11 is 6.04. The van der Waals surface area contributed by atoms with E-state index in [0.29, 0.717) is 24.4 Å². The highest BCUT2D eigenvalue weighted by atomic mass is 35.5. The van der Waals surface area contributed by atoms with Gasteiger partial charge in [-0.2, -0.15) is 5.10 Å². The molecule has 0 aliphatic carbocycles. The van der Waals surface area contributed by atoms with Crippen LogP contribution in [0, 0.1) is 13.8 Å². The largest absolute Gasteiger partial charge is 0.306 e. The molecule has 0 fully saturated rings. The highest BCUT2D eigenvalue weighted by Crippen LogP contribution is 2.31.